The molecule has 0 unspecified atom stereocenters. The van der Waals surface area contributed by atoms with Crippen molar-refractivity contribution in [1.29, 1.82) is 0 Å². The maximum absolute atomic E-state index is 13.1. The monoisotopic (exact) mass is 996 g/mol. The van der Waals surface area contributed by atoms with Crippen molar-refractivity contribution in [2.45, 2.75) is 13.3 Å². The molecule has 2 aliphatic rings. The molecule has 2 aliphatic heterocycles. The van der Waals surface area contributed by atoms with Crippen molar-refractivity contribution in [1.82, 2.24) is 39.7 Å². The van der Waals surface area contributed by atoms with Gasteiger partial charge in [0.25, 0.3) is 11.1 Å². The molecule has 8 aromatic rings. The summed E-state index contributed by atoms with van der Waals surface area (Å²) in [6, 6.07) is 33.8. The minimum atomic E-state index is -0.474. The molecule has 0 bridgehead atoms. The van der Waals surface area contributed by atoms with Gasteiger partial charge in [-0.25, -0.2) is 23.7 Å². The van der Waals surface area contributed by atoms with E-state index in [1.54, 1.807) is 68.2 Å². The van der Waals surface area contributed by atoms with Gasteiger partial charge in [0.05, 0.1) is 51.0 Å². The van der Waals surface area contributed by atoms with E-state index >= 15 is 0 Å². The Labute approximate surface area is 420 Å². The fourth-order valence-corrected chi connectivity index (χ4v) is 7.19. The van der Waals surface area contributed by atoms with E-state index in [4.69, 9.17) is 19.9 Å². The average Bonchev–Trinajstić information content (AvgIpc) is 3.43. The van der Waals surface area contributed by atoms with E-state index in [-0.39, 0.29) is 34.9 Å². The van der Waals surface area contributed by atoms with Crippen molar-refractivity contribution in [2.24, 2.45) is 0 Å². The summed E-state index contributed by atoms with van der Waals surface area (Å²) < 4.78 is 43.1. The van der Waals surface area contributed by atoms with Crippen LogP contribution in [0.25, 0.3) is 33.8 Å². The lowest BCUT2D eigenvalue weighted by Gasteiger charge is -2.29. The number of hydrogen-bond acceptors (Lipinski definition) is 15. The van der Waals surface area contributed by atoms with Gasteiger partial charge in [0, 0.05) is 93.6 Å². The van der Waals surface area contributed by atoms with Crippen LogP contribution < -0.4 is 51.9 Å². The number of carbonyl (C=O) groups excluding carboxylic acids is 2. The van der Waals surface area contributed by atoms with Gasteiger partial charge in [0.2, 0.25) is 0 Å². The number of anilines is 2. The third-order valence-electron chi connectivity index (χ3n) is 11.1. The molecule has 73 heavy (non-hydrogen) atoms. The van der Waals surface area contributed by atoms with Gasteiger partial charge in [-0.2, -0.15) is 0 Å². The van der Waals surface area contributed by atoms with Crippen molar-refractivity contribution in [2.75, 3.05) is 84.3 Å². The van der Waals surface area contributed by atoms with Crippen LogP contribution in [0, 0.1) is 11.6 Å². The lowest BCUT2D eigenvalue weighted by atomic mass is 10.1. The number of rotatable bonds is 9. The van der Waals surface area contributed by atoms with E-state index in [1.807, 2.05) is 54.7 Å². The number of methoxy groups -OCH3 is 3. The second-order valence-corrected chi connectivity index (χ2v) is 16.3. The number of Topliss-reactive ketones (excluding diaryl/α,β-unsaturated/α-hetero) is 2. The van der Waals surface area contributed by atoms with E-state index in [2.05, 4.69) is 35.8 Å². The van der Waals surface area contributed by atoms with Crippen LogP contribution in [0.15, 0.2) is 150 Å². The van der Waals surface area contributed by atoms with Gasteiger partial charge in [0.15, 0.2) is 5.78 Å². The number of benzene rings is 3. The summed E-state index contributed by atoms with van der Waals surface area (Å²) in [5, 5.41) is 9.78. The maximum atomic E-state index is 13.1. The van der Waals surface area contributed by atoms with E-state index < -0.39 is 5.82 Å². The molecule has 380 valence electrons. The summed E-state index contributed by atoms with van der Waals surface area (Å²) in [4.78, 5) is 61.4. The number of nitrogen functional groups attached to an aromatic ring is 1. The molecule has 5 N–H and O–H groups in total. The number of ketones is 2. The minimum Gasteiger partial charge on any atom is -0.497 e. The molecule has 0 atom stereocenters. The Morgan fingerprint density at radius 1 is 0.589 bits per heavy atom. The lowest BCUT2D eigenvalue weighted by molar-refractivity contribution is -0.116. The zero-order chi connectivity index (χ0) is 52.1. The van der Waals surface area contributed by atoms with Crippen molar-refractivity contribution >= 4 is 34.4 Å². The zero-order valence-corrected chi connectivity index (χ0v) is 41.0. The predicted octanol–water partition coefficient (Wildman–Crippen LogP) is 6.13. The van der Waals surface area contributed by atoms with Gasteiger partial charge < -0.3 is 40.8 Å². The molecular formula is C54H58F2N10O7. The highest BCUT2D eigenvalue weighted by Crippen LogP contribution is 2.23. The Bertz CT molecular complexity index is 3130. The van der Waals surface area contributed by atoms with Gasteiger partial charge in [-0.05, 0) is 116 Å². The molecule has 0 amide bonds. The number of carbonyl (C=O) groups is 2. The van der Waals surface area contributed by atoms with Crippen LogP contribution in [0.4, 0.5) is 20.3 Å². The van der Waals surface area contributed by atoms with Crippen LogP contribution in [0.2, 0.25) is 0 Å². The van der Waals surface area contributed by atoms with Crippen LogP contribution in [-0.4, -0.2) is 109 Å². The summed E-state index contributed by atoms with van der Waals surface area (Å²) in [5.74, 6) is 1.44. The minimum absolute atomic E-state index is 0.0354. The highest BCUT2D eigenvalue weighted by atomic mass is 19.1. The molecule has 2 fully saturated rings. The number of nitrogens with one attached hydrogen (secondary N) is 3. The summed E-state index contributed by atoms with van der Waals surface area (Å²) in [5.41, 5.74) is 10.3. The van der Waals surface area contributed by atoms with Gasteiger partial charge in [-0.15, -0.1) is 0 Å². The lowest BCUT2D eigenvalue weighted by Crippen LogP contribution is -2.43. The number of pyridine rings is 3. The SMILES string of the molecule is C1CNCCN1.COc1ccc(-c2cc(=O)n3cc(F)ccc3n2)cc1.COc1ccc(-c2cc(=O)n3cc(N4CCNCC4)ccc3n2)cc1.COc1ccc(C(=O)CC(C)=O)cc1.Nc1ccc(F)cn1. The first-order chi connectivity index (χ1) is 35.3. The van der Waals surface area contributed by atoms with Crippen LogP contribution in [-0.2, 0) is 4.79 Å². The zero-order valence-electron chi connectivity index (χ0n) is 41.0. The Morgan fingerprint density at radius 3 is 1.48 bits per heavy atom. The predicted molar refractivity (Wildman–Crippen MR) is 279 cm³/mol. The number of piperazine rings is 2. The van der Waals surface area contributed by atoms with E-state index in [0.29, 0.717) is 39.8 Å². The molecule has 0 radical (unpaired) electrons. The summed E-state index contributed by atoms with van der Waals surface area (Å²) in [6.45, 7) is 9.76. The normalized spacial score (nSPS) is 12.8. The second kappa shape index (κ2) is 27.3. The third kappa shape index (κ3) is 16.3. The smallest absolute Gasteiger partial charge is 0.258 e. The van der Waals surface area contributed by atoms with E-state index in [0.717, 1.165) is 93.1 Å². The second-order valence-electron chi connectivity index (χ2n) is 16.3. The highest BCUT2D eigenvalue weighted by Gasteiger charge is 2.13. The molecule has 7 heterocycles. The molecule has 10 rings (SSSR count). The van der Waals surface area contributed by atoms with Crippen molar-refractivity contribution in [3.05, 3.63) is 178 Å². The number of hydrogen-bond donors (Lipinski definition) is 4. The van der Waals surface area contributed by atoms with Crippen LogP contribution in [0.1, 0.15) is 23.7 Å². The molecule has 19 heteroatoms. The van der Waals surface area contributed by atoms with Crippen LogP contribution in [0.3, 0.4) is 0 Å². The molecule has 0 spiro atoms. The number of ether oxygens (including phenoxy) is 3. The Kier molecular flexibility index (Phi) is 20.2. The Morgan fingerprint density at radius 2 is 1.04 bits per heavy atom. The quantitative estimate of drug-likeness (QED) is 0.0948. The third-order valence-corrected chi connectivity index (χ3v) is 11.1. The Hall–Kier alpha value is -8.39. The topological polar surface area (TPSA) is 209 Å². The van der Waals surface area contributed by atoms with E-state index in [9.17, 15) is 28.0 Å². The van der Waals surface area contributed by atoms with Gasteiger partial charge in [-0.3, -0.25) is 28.0 Å². The Balaban J connectivity index is 0.000000161. The molecule has 3 aromatic carbocycles. The number of fused-ring (bicyclic) bond motifs is 2. The first kappa shape index (κ1) is 54.0. The molecule has 2 saturated heterocycles. The first-order valence-electron chi connectivity index (χ1n) is 23.3. The highest BCUT2D eigenvalue weighted by molar-refractivity contribution is 6.07. The summed E-state index contributed by atoms with van der Waals surface area (Å²) in [7, 11) is 4.78. The standard InChI is InChI=1S/C19H20N4O2.C15H11FN2O2.C11H12O3.C5H5FN2.C4H10N2/c1-25-16-5-2-14(3-6-16)17-12-19(24)23-13-15(4-7-18(23)21-17)22-10-8-20-9-11-22;1-20-12-5-2-10(3-6-12)13-8-15(19)18-9-11(16)4-7-14(18)17-13;1-8(12)7-11(13)9-3-5-10(14-2)6-4-9;6-4-1-2-5(7)8-3-4;1-2-6-4-3-5-1/h2-7,12-13,20H,8-11H2,1H3;2-9H,1H3;3-6H,7H2,1-2H3;1-3H,(H2,7,8);5-6H,1-4H2. The maximum Gasteiger partial charge on any atom is 0.258 e. The van der Waals surface area contributed by atoms with Crippen LogP contribution in [0.5, 0.6) is 17.2 Å². The van der Waals surface area contributed by atoms with Crippen molar-refractivity contribution in [3.63, 3.8) is 0 Å². The van der Waals surface area contributed by atoms with Gasteiger partial charge in [-0.1, -0.05) is 0 Å². The summed E-state index contributed by atoms with van der Waals surface area (Å²) in [6.07, 6.45) is 4.05. The molecule has 17 nitrogen and oxygen atoms in total. The van der Waals surface area contributed by atoms with E-state index in [1.165, 1.54) is 41.7 Å². The number of nitrogens with zero attached hydrogens (tertiary/aromatic N) is 6. The number of aromatic nitrogens is 5. The fourth-order valence-electron chi connectivity index (χ4n) is 7.19. The van der Waals surface area contributed by atoms with Gasteiger partial charge in [0.1, 0.15) is 51.8 Å². The van der Waals surface area contributed by atoms with Crippen LogP contribution >= 0.6 is 0 Å². The fraction of sp³-hybridized carbons (Fsp3) is 0.241. The molecule has 0 saturated carbocycles. The van der Waals surface area contributed by atoms with Crippen molar-refractivity contribution < 1.29 is 32.6 Å². The molecule has 0 aliphatic carbocycles. The number of halogens is 2. The molecule has 5 aromatic heterocycles. The average molecular weight is 997 g/mol. The van der Waals surface area contributed by atoms with Crippen molar-refractivity contribution in [3.8, 4) is 39.8 Å². The molecular weight excluding hydrogens is 939 g/mol. The largest absolute Gasteiger partial charge is 0.497 e. The first-order valence-corrected chi connectivity index (χ1v) is 23.3. The number of nitrogens with two attached hydrogens (primary N) is 1. The van der Waals surface area contributed by atoms with Gasteiger partial charge >= 0.3 is 0 Å². The summed E-state index contributed by atoms with van der Waals surface area (Å²) >= 11 is 0.